The van der Waals surface area contributed by atoms with Gasteiger partial charge in [0.1, 0.15) is 11.4 Å². The minimum atomic E-state index is -1.05. The van der Waals surface area contributed by atoms with E-state index in [2.05, 4.69) is 22.2 Å². The fraction of sp³-hybridized carbons (Fsp3) is 0.667. The van der Waals surface area contributed by atoms with E-state index in [0.717, 1.165) is 18.5 Å². The fourth-order valence-electron chi connectivity index (χ4n) is 2.25. The summed E-state index contributed by atoms with van der Waals surface area (Å²) >= 11 is 4.85. The van der Waals surface area contributed by atoms with Crippen molar-refractivity contribution in [2.24, 2.45) is 0 Å². The number of nitrogens with one attached hydrogen (secondary N) is 1. The first-order valence-corrected chi connectivity index (χ1v) is 8.17. The molecule has 0 spiro atoms. The van der Waals surface area contributed by atoms with Crippen molar-refractivity contribution in [3.63, 3.8) is 0 Å². The van der Waals surface area contributed by atoms with E-state index in [9.17, 15) is 4.55 Å². The van der Waals surface area contributed by atoms with Crippen molar-refractivity contribution in [2.45, 2.75) is 43.5 Å². The van der Waals surface area contributed by atoms with Gasteiger partial charge in [0.2, 0.25) is 10.2 Å². The maximum absolute atomic E-state index is 12.0. The summed E-state index contributed by atoms with van der Waals surface area (Å²) in [5, 5.41) is 12.5. The normalized spacial score (nSPS) is 19.3. The molecule has 19 heavy (non-hydrogen) atoms. The molecule has 0 aliphatic carbocycles. The second kappa shape index (κ2) is 6.74. The summed E-state index contributed by atoms with van der Waals surface area (Å²) in [5.74, 6) is 1.15. The molecule has 2 unspecified atom stereocenters. The van der Waals surface area contributed by atoms with Crippen molar-refractivity contribution in [2.75, 3.05) is 17.7 Å². The number of rotatable bonds is 6. The molecule has 106 valence electrons. The molecule has 0 bridgehead atoms. The van der Waals surface area contributed by atoms with Crippen molar-refractivity contribution < 1.29 is 9.66 Å². The average molecular weight is 304 g/mol. The van der Waals surface area contributed by atoms with Gasteiger partial charge in [0, 0.05) is 19.1 Å². The van der Waals surface area contributed by atoms with E-state index in [1.54, 1.807) is 0 Å². The highest BCUT2D eigenvalue weighted by Gasteiger charge is 2.32. The molecule has 0 radical (unpaired) electrons. The van der Waals surface area contributed by atoms with Crippen LogP contribution in [0.4, 0.5) is 5.82 Å². The number of aliphatic hydroxyl groups excluding tert-OH is 1. The van der Waals surface area contributed by atoms with Gasteiger partial charge in [0.05, 0.1) is 0 Å². The second-order valence-electron chi connectivity index (χ2n) is 4.56. The zero-order valence-electron chi connectivity index (χ0n) is 10.9. The molecule has 2 heterocycles. The summed E-state index contributed by atoms with van der Waals surface area (Å²) in [7, 11) is 0. The van der Waals surface area contributed by atoms with E-state index < -0.39 is 11.2 Å². The van der Waals surface area contributed by atoms with Crippen LogP contribution in [0.15, 0.2) is 4.90 Å². The third kappa shape index (κ3) is 3.51. The Labute approximate surface area is 121 Å². The minimum absolute atomic E-state index is 0.113. The Balaban J connectivity index is 2.24. The van der Waals surface area contributed by atoms with Crippen LogP contribution in [0, 0.1) is 0 Å². The van der Waals surface area contributed by atoms with Crippen LogP contribution in [0.25, 0.3) is 0 Å². The predicted molar refractivity (Wildman–Crippen MR) is 76.0 cm³/mol. The van der Waals surface area contributed by atoms with Crippen LogP contribution in [0.1, 0.15) is 31.9 Å². The number of nitrogens with zero attached hydrogens (tertiary/aromatic N) is 2. The van der Waals surface area contributed by atoms with Gasteiger partial charge in [0.25, 0.3) is 0 Å². The lowest BCUT2D eigenvalue weighted by atomic mass is 10.1. The smallest absolute Gasteiger partial charge is 0.224 e. The van der Waals surface area contributed by atoms with Crippen LogP contribution in [0.5, 0.6) is 0 Å². The van der Waals surface area contributed by atoms with Crippen LogP contribution in [0.2, 0.25) is 5.28 Å². The first kappa shape index (κ1) is 14.8. The highest BCUT2D eigenvalue weighted by molar-refractivity contribution is 7.91. The van der Waals surface area contributed by atoms with Crippen molar-refractivity contribution in [1.29, 1.82) is 0 Å². The summed E-state index contributed by atoms with van der Waals surface area (Å²) in [6, 6.07) is 0.114. The number of hydrogen-bond donors (Lipinski definition) is 2. The highest BCUT2D eigenvalue weighted by Crippen LogP contribution is 2.32. The predicted octanol–water partition coefficient (Wildman–Crippen LogP) is 1.76. The third-order valence-electron chi connectivity index (χ3n) is 3.12. The summed E-state index contributed by atoms with van der Waals surface area (Å²) in [6.07, 6.45) is 3.24. The molecule has 0 saturated carbocycles. The van der Waals surface area contributed by atoms with Crippen LogP contribution >= 0.6 is 11.6 Å². The molecule has 2 N–H and O–H groups in total. The van der Waals surface area contributed by atoms with Gasteiger partial charge in [-0.2, -0.15) is 4.98 Å². The number of aliphatic hydroxyl groups is 1. The molecule has 0 aromatic carbocycles. The van der Waals surface area contributed by atoms with Crippen LogP contribution < -0.4 is 5.32 Å². The molecule has 1 aliphatic heterocycles. The quantitative estimate of drug-likeness (QED) is 0.618. The number of halogens is 1. The Kier molecular flexibility index (Phi) is 5.27. The number of fused-ring (bicyclic) bond motifs is 1. The maximum Gasteiger partial charge on any atom is 0.224 e. The molecule has 2 rings (SSSR count). The second-order valence-corrected chi connectivity index (χ2v) is 6.40. The molecule has 5 nitrogen and oxygen atoms in total. The molecular formula is C12H18ClN3O2S. The monoisotopic (exact) mass is 303 g/mol. The molecule has 2 atom stereocenters. The fourth-order valence-corrected chi connectivity index (χ4v) is 3.75. The van der Waals surface area contributed by atoms with Crippen molar-refractivity contribution in [3.05, 3.63) is 11.0 Å². The Morgan fingerprint density at radius 1 is 1.47 bits per heavy atom. The maximum atomic E-state index is 12.0. The minimum Gasteiger partial charge on any atom is -0.611 e. The highest BCUT2D eigenvalue weighted by atomic mass is 35.5. The van der Waals surface area contributed by atoms with E-state index in [-0.39, 0.29) is 17.9 Å². The first-order chi connectivity index (χ1) is 9.15. The first-order valence-electron chi connectivity index (χ1n) is 6.47. The number of aromatic nitrogens is 2. The van der Waals surface area contributed by atoms with Crippen LogP contribution in [0.3, 0.4) is 0 Å². The molecule has 0 amide bonds. The van der Waals surface area contributed by atoms with Gasteiger partial charge in [-0.25, -0.2) is 4.98 Å². The lowest BCUT2D eigenvalue weighted by Crippen LogP contribution is -2.23. The average Bonchev–Trinajstić information content (AvgIpc) is 2.71. The molecule has 0 fully saturated rings. The topological polar surface area (TPSA) is 81.1 Å². The van der Waals surface area contributed by atoms with Gasteiger partial charge in [0.15, 0.2) is 5.82 Å². The van der Waals surface area contributed by atoms with Gasteiger partial charge in [-0.1, -0.05) is 13.3 Å². The summed E-state index contributed by atoms with van der Waals surface area (Å²) in [4.78, 5) is 8.99. The Hall–Kier alpha value is -0.560. The Morgan fingerprint density at radius 2 is 2.26 bits per heavy atom. The molecule has 1 aromatic heterocycles. The lowest BCUT2D eigenvalue weighted by Gasteiger charge is -2.19. The van der Waals surface area contributed by atoms with Crippen LogP contribution in [-0.4, -0.2) is 38.0 Å². The molecule has 1 aromatic rings. The van der Waals surface area contributed by atoms with Gasteiger partial charge < -0.3 is 15.0 Å². The van der Waals surface area contributed by atoms with Gasteiger partial charge in [-0.3, -0.25) is 0 Å². The SMILES string of the molecule is CCCC(CCO)Nc1nc(Cl)nc2c1[S+]([O-])CC2. The standard InChI is InChI=1S/C12H18ClN3O2S/c1-2-3-8(4-6-17)14-11-10-9(5-7-19(10)18)15-12(13)16-11/h8,17H,2-7H2,1H3,(H,14,15,16). The lowest BCUT2D eigenvalue weighted by molar-refractivity contribution is 0.276. The molecule has 7 heteroatoms. The van der Waals surface area contributed by atoms with Gasteiger partial charge in [-0.15, -0.1) is 0 Å². The van der Waals surface area contributed by atoms with E-state index in [0.29, 0.717) is 29.3 Å². The Bertz CT molecular complexity index is 441. The van der Waals surface area contributed by atoms with E-state index in [4.69, 9.17) is 16.7 Å². The summed E-state index contributed by atoms with van der Waals surface area (Å²) in [5.41, 5.74) is 0.778. The van der Waals surface area contributed by atoms with Crippen molar-refractivity contribution >= 4 is 28.6 Å². The van der Waals surface area contributed by atoms with Gasteiger partial charge >= 0.3 is 0 Å². The zero-order chi connectivity index (χ0) is 13.8. The largest absolute Gasteiger partial charge is 0.611 e. The van der Waals surface area contributed by atoms with Crippen molar-refractivity contribution in [3.8, 4) is 0 Å². The zero-order valence-corrected chi connectivity index (χ0v) is 12.4. The molecule has 0 saturated heterocycles. The molecular weight excluding hydrogens is 286 g/mol. The summed E-state index contributed by atoms with van der Waals surface area (Å²) < 4.78 is 12.0. The van der Waals surface area contributed by atoms with Gasteiger partial charge in [-0.05, 0) is 35.6 Å². The third-order valence-corrected chi connectivity index (χ3v) is 4.74. The number of hydrogen-bond acceptors (Lipinski definition) is 5. The summed E-state index contributed by atoms with van der Waals surface area (Å²) in [6.45, 7) is 2.20. The molecule has 1 aliphatic rings. The number of anilines is 1. The van der Waals surface area contributed by atoms with E-state index >= 15 is 0 Å². The van der Waals surface area contributed by atoms with E-state index in [1.807, 2.05) is 0 Å². The van der Waals surface area contributed by atoms with Crippen molar-refractivity contribution in [1.82, 2.24) is 9.97 Å². The Morgan fingerprint density at radius 3 is 2.95 bits per heavy atom. The van der Waals surface area contributed by atoms with Crippen LogP contribution in [-0.2, 0) is 17.6 Å². The number of aryl methyl sites for hydroxylation is 1. The van der Waals surface area contributed by atoms with E-state index in [1.165, 1.54) is 0 Å².